The van der Waals surface area contributed by atoms with Crippen LogP contribution in [0.25, 0.3) is 0 Å². The maximum atomic E-state index is 14.2. The quantitative estimate of drug-likeness (QED) is 0.323. The Bertz CT molecular complexity index is 1390. The maximum Gasteiger partial charge on any atom is 0.239 e. The lowest BCUT2D eigenvalue weighted by atomic mass is 9.48. The molecule has 35 heavy (non-hydrogen) atoms. The van der Waals surface area contributed by atoms with Crippen LogP contribution in [0, 0.1) is 11.8 Å². The molecule has 7 rings (SSSR count). The molecule has 6 nitrogen and oxygen atoms in total. The highest BCUT2D eigenvalue weighted by molar-refractivity contribution is 6.25. The fourth-order valence-corrected chi connectivity index (χ4v) is 6.46. The summed E-state index contributed by atoms with van der Waals surface area (Å²) in [6, 6.07) is 20.0. The van der Waals surface area contributed by atoms with E-state index in [9.17, 15) is 19.2 Å². The second-order valence-electron chi connectivity index (χ2n) is 9.33. The topological polar surface area (TPSA) is 80.8 Å². The average Bonchev–Trinajstić information content (AvgIpc) is 3.15. The standard InChI is InChI=1S/C29H23NO5/c1-3-35-23-13-12-17(16(2)32)14-22(23)30-27(33)25-24-18-8-4-6-10-20(18)29(15-31,26(25)28(30)34)21-11-7-5-9-19(21)24/h4-15,24-26H,3H2,1-2H3/t24?,25-,26-,29?/m0/s1. The van der Waals surface area contributed by atoms with Crippen LogP contribution in [0.5, 0.6) is 5.75 Å². The zero-order chi connectivity index (χ0) is 24.5. The molecule has 0 saturated carbocycles. The molecule has 3 aromatic rings. The molecule has 0 spiro atoms. The average molecular weight is 466 g/mol. The van der Waals surface area contributed by atoms with E-state index in [0.717, 1.165) is 33.4 Å². The Morgan fingerprint density at radius 3 is 2.17 bits per heavy atom. The van der Waals surface area contributed by atoms with Gasteiger partial charge >= 0.3 is 0 Å². The second-order valence-corrected chi connectivity index (χ2v) is 9.33. The van der Waals surface area contributed by atoms with Gasteiger partial charge in [0.2, 0.25) is 11.8 Å². The Morgan fingerprint density at radius 1 is 0.971 bits per heavy atom. The van der Waals surface area contributed by atoms with E-state index in [-0.39, 0.29) is 23.3 Å². The van der Waals surface area contributed by atoms with Gasteiger partial charge in [-0.25, -0.2) is 4.90 Å². The lowest BCUT2D eigenvalue weighted by Crippen LogP contribution is -2.54. The monoisotopic (exact) mass is 465 g/mol. The van der Waals surface area contributed by atoms with Crippen LogP contribution in [-0.4, -0.2) is 30.5 Å². The molecule has 1 fully saturated rings. The van der Waals surface area contributed by atoms with Gasteiger partial charge in [0, 0.05) is 11.5 Å². The number of imide groups is 1. The predicted molar refractivity (Wildman–Crippen MR) is 129 cm³/mol. The third-order valence-electron chi connectivity index (χ3n) is 7.78. The fraction of sp³-hybridized carbons (Fsp3) is 0.241. The zero-order valence-corrected chi connectivity index (χ0v) is 19.4. The summed E-state index contributed by atoms with van der Waals surface area (Å²) in [7, 11) is 0. The minimum atomic E-state index is -1.27. The number of ether oxygens (including phenoxy) is 1. The van der Waals surface area contributed by atoms with Gasteiger partial charge in [-0.3, -0.25) is 14.4 Å². The van der Waals surface area contributed by atoms with Gasteiger partial charge in [-0.05, 0) is 54.3 Å². The number of benzene rings is 3. The van der Waals surface area contributed by atoms with Gasteiger partial charge in [0.1, 0.15) is 12.0 Å². The first-order chi connectivity index (χ1) is 17.0. The van der Waals surface area contributed by atoms with E-state index in [1.165, 1.54) is 13.0 Å². The van der Waals surface area contributed by atoms with Crippen LogP contribution >= 0.6 is 0 Å². The smallest absolute Gasteiger partial charge is 0.239 e. The Labute approximate surface area is 202 Å². The third-order valence-corrected chi connectivity index (χ3v) is 7.78. The summed E-state index contributed by atoms with van der Waals surface area (Å²) in [6.07, 6.45) is 0.849. The second kappa shape index (κ2) is 7.47. The maximum absolute atomic E-state index is 14.2. The molecule has 6 heteroatoms. The summed E-state index contributed by atoms with van der Waals surface area (Å²) in [5.41, 5.74) is 2.74. The highest BCUT2D eigenvalue weighted by Crippen LogP contribution is 2.63. The molecule has 2 amide bonds. The van der Waals surface area contributed by atoms with Gasteiger partial charge in [0.25, 0.3) is 0 Å². The summed E-state index contributed by atoms with van der Waals surface area (Å²) in [6.45, 7) is 3.57. The summed E-state index contributed by atoms with van der Waals surface area (Å²) in [5.74, 6) is -2.60. The van der Waals surface area contributed by atoms with Gasteiger partial charge in [-0.2, -0.15) is 0 Å². The molecule has 0 radical (unpaired) electrons. The molecule has 3 aliphatic carbocycles. The Morgan fingerprint density at radius 2 is 1.60 bits per heavy atom. The SMILES string of the molecule is CCOc1ccc(C(C)=O)cc1N1C(=O)[C@@H]2[C@@H](C1=O)C1c3ccccc3C2(C=O)c2ccccc21. The number of carbonyl (C=O) groups is 4. The lowest BCUT2D eigenvalue weighted by Gasteiger charge is -2.51. The first-order valence-electron chi connectivity index (χ1n) is 11.8. The van der Waals surface area contributed by atoms with E-state index in [0.29, 0.717) is 17.9 Å². The highest BCUT2D eigenvalue weighted by Gasteiger charge is 2.68. The van der Waals surface area contributed by atoms with Crippen molar-refractivity contribution in [3.63, 3.8) is 0 Å². The Balaban J connectivity index is 1.61. The van der Waals surface area contributed by atoms with Crippen molar-refractivity contribution in [1.29, 1.82) is 0 Å². The van der Waals surface area contributed by atoms with Crippen molar-refractivity contribution in [2.75, 3.05) is 11.5 Å². The fourth-order valence-electron chi connectivity index (χ4n) is 6.46. The lowest BCUT2D eigenvalue weighted by molar-refractivity contribution is -0.128. The number of carbonyl (C=O) groups excluding carboxylic acids is 4. The molecular formula is C29H23NO5. The summed E-state index contributed by atoms with van der Waals surface area (Å²) >= 11 is 0. The summed E-state index contributed by atoms with van der Waals surface area (Å²) in [5, 5.41) is 0. The highest BCUT2D eigenvalue weighted by atomic mass is 16.5. The normalized spacial score (nSPS) is 25.7. The number of hydrogen-bond donors (Lipinski definition) is 0. The summed E-state index contributed by atoms with van der Waals surface area (Å²) in [4.78, 5) is 54.6. The van der Waals surface area contributed by atoms with Crippen molar-refractivity contribution in [3.05, 3.63) is 94.5 Å². The molecule has 174 valence electrons. The van der Waals surface area contributed by atoms with Gasteiger partial charge in [0.05, 0.1) is 29.5 Å². The number of aldehydes is 1. The van der Waals surface area contributed by atoms with Crippen LogP contribution in [-0.2, 0) is 19.8 Å². The van der Waals surface area contributed by atoms with Crippen molar-refractivity contribution in [2.24, 2.45) is 11.8 Å². The molecule has 1 saturated heterocycles. The van der Waals surface area contributed by atoms with Crippen LogP contribution in [0.15, 0.2) is 66.7 Å². The molecule has 2 atom stereocenters. The molecule has 0 N–H and O–H groups in total. The van der Waals surface area contributed by atoms with E-state index in [1.807, 2.05) is 55.5 Å². The number of amides is 2. The number of Topliss-reactive ketones (excluding diaryl/α,β-unsaturated/α-hetero) is 1. The molecule has 1 aliphatic heterocycles. The number of rotatable bonds is 5. The van der Waals surface area contributed by atoms with Gasteiger partial charge in [-0.15, -0.1) is 0 Å². The number of ketones is 1. The number of hydrogen-bond acceptors (Lipinski definition) is 5. The van der Waals surface area contributed by atoms with E-state index in [4.69, 9.17) is 4.74 Å². The van der Waals surface area contributed by atoms with Crippen molar-refractivity contribution >= 4 is 29.6 Å². The van der Waals surface area contributed by atoms with Gasteiger partial charge in [-0.1, -0.05) is 48.5 Å². The number of nitrogens with zero attached hydrogens (tertiary/aromatic N) is 1. The minimum absolute atomic E-state index is 0.185. The Kier molecular flexibility index (Phi) is 4.58. The van der Waals surface area contributed by atoms with Gasteiger partial charge < -0.3 is 9.53 Å². The van der Waals surface area contributed by atoms with Gasteiger partial charge in [0.15, 0.2) is 5.78 Å². The van der Waals surface area contributed by atoms with E-state index in [2.05, 4.69) is 0 Å². The van der Waals surface area contributed by atoms with Crippen molar-refractivity contribution < 1.29 is 23.9 Å². The first-order valence-corrected chi connectivity index (χ1v) is 11.8. The van der Waals surface area contributed by atoms with Crippen LogP contribution in [0.4, 0.5) is 5.69 Å². The molecule has 0 unspecified atom stereocenters. The van der Waals surface area contributed by atoms with Crippen molar-refractivity contribution in [2.45, 2.75) is 25.2 Å². The van der Waals surface area contributed by atoms with Crippen molar-refractivity contribution in [3.8, 4) is 5.75 Å². The molecule has 0 aromatic heterocycles. The largest absolute Gasteiger partial charge is 0.492 e. The first kappa shape index (κ1) is 21.5. The van der Waals surface area contributed by atoms with E-state index in [1.54, 1.807) is 12.1 Å². The molecule has 4 aliphatic rings. The van der Waals surface area contributed by atoms with Crippen LogP contribution in [0.1, 0.15) is 52.4 Å². The zero-order valence-electron chi connectivity index (χ0n) is 19.4. The third kappa shape index (κ3) is 2.59. The van der Waals surface area contributed by atoms with Crippen LogP contribution in [0.3, 0.4) is 0 Å². The molecule has 3 aromatic carbocycles. The van der Waals surface area contributed by atoms with E-state index < -0.39 is 23.2 Å². The molecule has 2 bridgehead atoms. The summed E-state index contributed by atoms with van der Waals surface area (Å²) < 4.78 is 5.75. The van der Waals surface area contributed by atoms with Crippen LogP contribution < -0.4 is 9.64 Å². The minimum Gasteiger partial charge on any atom is -0.492 e. The van der Waals surface area contributed by atoms with Crippen molar-refractivity contribution in [1.82, 2.24) is 0 Å². The predicted octanol–water partition coefficient (Wildman–Crippen LogP) is 4.04. The molecular weight excluding hydrogens is 442 g/mol. The molecule has 1 heterocycles. The van der Waals surface area contributed by atoms with Crippen LogP contribution in [0.2, 0.25) is 0 Å². The Hall–Kier alpha value is -4.06. The number of anilines is 1. The van der Waals surface area contributed by atoms with E-state index >= 15 is 0 Å².